The van der Waals surface area contributed by atoms with Gasteiger partial charge in [-0.25, -0.2) is 0 Å². The molecule has 0 aliphatic rings. The zero-order valence-corrected chi connectivity index (χ0v) is 17.9. The van der Waals surface area contributed by atoms with Crippen LogP contribution in [-0.4, -0.2) is 0 Å². The first kappa shape index (κ1) is 20.4. The molecular formula is C16H38OTi2. The van der Waals surface area contributed by atoms with E-state index in [9.17, 15) is 0 Å². The molecule has 0 heterocycles. The predicted octanol–water partition coefficient (Wildman–Crippen LogP) is 7.33. The molecule has 0 atom stereocenters. The number of hydrogen-bond acceptors (Lipinski definition) is 1. The van der Waals surface area contributed by atoms with Crippen LogP contribution in [0.15, 0.2) is 0 Å². The van der Waals surface area contributed by atoms with Crippen LogP contribution < -0.4 is 0 Å². The van der Waals surface area contributed by atoms with Gasteiger partial charge in [0.1, 0.15) is 0 Å². The van der Waals surface area contributed by atoms with Crippen molar-refractivity contribution in [2.24, 2.45) is 0 Å². The Bertz CT molecular complexity index is 223. The van der Waals surface area contributed by atoms with Gasteiger partial charge in [0.2, 0.25) is 0 Å². The summed E-state index contributed by atoms with van der Waals surface area (Å²) in [5, 5.41) is 5.11. The first-order chi connectivity index (χ1) is 8.72. The Hall–Kier alpha value is 1.39. The first-order valence-electron chi connectivity index (χ1n) is 8.42. The second kappa shape index (κ2) is 9.41. The molecule has 0 aromatic rings. The van der Waals surface area contributed by atoms with Gasteiger partial charge in [-0.05, 0) is 0 Å². The van der Waals surface area contributed by atoms with Gasteiger partial charge in [0.15, 0.2) is 0 Å². The van der Waals surface area contributed by atoms with Gasteiger partial charge < -0.3 is 0 Å². The van der Waals surface area contributed by atoms with Crippen LogP contribution in [-0.2, 0) is 35.9 Å². The van der Waals surface area contributed by atoms with Gasteiger partial charge in [0.25, 0.3) is 0 Å². The number of unbranched alkanes of at least 4 members (excludes halogenated alkanes) is 2. The van der Waals surface area contributed by atoms with Gasteiger partial charge in [-0.1, -0.05) is 0 Å². The van der Waals surface area contributed by atoms with Crippen molar-refractivity contribution in [1.29, 1.82) is 0 Å². The zero-order chi connectivity index (χ0) is 15.1. The van der Waals surface area contributed by atoms with Crippen LogP contribution in [0.3, 0.4) is 0 Å². The summed E-state index contributed by atoms with van der Waals surface area (Å²) in [6, 6.07) is 0. The molecule has 0 aliphatic carbocycles. The molecule has 0 saturated carbocycles. The molecule has 0 rings (SSSR count). The fourth-order valence-corrected chi connectivity index (χ4v) is 22.6. The van der Waals surface area contributed by atoms with E-state index in [4.69, 9.17) is 1.90 Å². The van der Waals surface area contributed by atoms with Gasteiger partial charge in [0, 0.05) is 0 Å². The Morgan fingerprint density at radius 2 is 1.16 bits per heavy atom. The summed E-state index contributed by atoms with van der Waals surface area (Å²) in [7, 11) is 0. The van der Waals surface area contributed by atoms with Crippen molar-refractivity contribution in [3.63, 3.8) is 0 Å². The molecular weight excluding hydrogens is 304 g/mol. The van der Waals surface area contributed by atoms with E-state index in [1.54, 1.807) is 0 Å². The molecule has 116 valence electrons. The number of hydrogen-bond donors (Lipinski definition) is 0. The summed E-state index contributed by atoms with van der Waals surface area (Å²) in [4.78, 5) is 0. The summed E-state index contributed by atoms with van der Waals surface area (Å²) >= 11 is -4.15. The maximum absolute atomic E-state index is 7.13. The topological polar surface area (TPSA) is 9.23 Å². The van der Waals surface area contributed by atoms with Crippen molar-refractivity contribution in [3.8, 4) is 0 Å². The zero-order valence-electron chi connectivity index (χ0n) is 14.8. The minimum absolute atomic E-state index is 0.785. The van der Waals surface area contributed by atoms with Crippen LogP contribution >= 0.6 is 0 Å². The molecule has 0 spiro atoms. The van der Waals surface area contributed by atoms with E-state index in [0.29, 0.717) is 0 Å². The molecule has 0 amide bonds. The van der Waals surface area contributed by atoms with E-state index < -0.39 is 34.0 Å². The fraction of sp³-hybridized carbons (Fsp3) is 1.00. The summed E-state index contributed by atoms with van der Waals surface area (Å²) in [5.41, 5.74) is 0. The average molecular weight is 342 g/mol. The summed E-state index contributed by atoms with van der Waals surface area (Å²) in [6.45, 7) is 14.2. The van der Waals surface area contributed by atoms with Crippen molar-refractivity contribution >= 4 is 0 Å². The molecule has 0 bridgehead atoms. The third kappa shape index (κ3) is 6.79. The predicted molar refractivity (Wildman–Crippen MR) is 82.4 cm³/mol. The molecule has 0 unspecified atom stereocenters. The van der Waals surface area contributed by atoms with Crippen molar-refractivity contribution in [1.82, 2.24) is 0 Å². The molecule has 0 radical (unpaired) electrons. The Balaban J connectivity index is 4.94. The third-order valence-corrected chi connectivity index (χ3v) is 23.9. The van der Waals surface area contributed by atoms with Crippen LogP contribution in [0.25, 0.3) is 0 Å². The first-order valence-corrected chi connectivity index (χ1v) is 16.8. The standard InChI is InChI=1S/2C4H9.2C3H7.2CH3.O.2Ti/c2*1-3-4-2;2*1-3-2;;;;;/h2*1,3-4H2,2H3;2*3H,1-2H3;2*1H3;;;. The summed E-state index contributed by atoms with van der Waals surface area (Å²) in [5.74, 6) is 0. The van der Waals surface area contributed by atoms with Gasteiger partial charge >= 0.3 is 131 Å². The summed E-state index contributed by atoms with van der Waals surface area (Å²) in [6.07, 6.45) is 5.41. The normalized spacial score (nSPS) is 13.6. The van der Waals surface area contributed by atoms with Crippen LogP contribution in [0.4, 0.5) is 0 Å². The molecule has 19 heavy (non-hydrogen) atoms. The van der Waals surface area contributed by atoms with Gasteiger partial charge in [-0.3, -0.25) is 0 Å². The minimum atomic E-state index is -2.12. The molecule has 0 aromatic carbocycles. The average Bonchev–Trinajstić information content (AvgIpc) is 2.33. The molecule has 0 aromatic heterocycles. The Kier molecular flexibility index (Phi) is 10.1. The van der Waals surface area contributed by atoms with E-state index in [-0.39, 0.29) is 0 Å². The Labute approximate surface area is 130 Å². The second-order valence-electron chi connectivity index (χ2n) is 7.25. The van der Waals surface area contributed by atoms with Crippen LogP contribution in [0, 0.1) is 0 Å². The van der Waals surface area contributed by atoms with Gasteiger partial charge in [-0.2, -0.15) is 0 Å². The Morgan fingerprint density at radius 3 is 1.42 bits per heavy atom. The molecule has 0 fully saturated rings. The van der Waals surface area contributed by atoms with Crippen molar-refractivity contribution in [3.05, 3.63) is 0 Å². The van der Waals surface area contributed by atoms with E-state index in [2.05, 4.69) is 52.0 Å². The number of rotatable bonds is 10. The van der Waals surface area contributed by atoms with Crippen LogP contribution in [0.5, 0.6) is 0 Å². The molecule has 0 aliphatic heterocycles. The van der Waals surface area contributed by atoms with Gasteiger partial charge in [0.05, 0.1) is 0 Å². The third-order valence-electron chi connectivity index (χ3n) is 4.88. The van der Waals surface area contributed by atoms with E-state index in [1.807, 2.05) is 0 Å². The molecule has 1 nitrogen and oxygen atoms in total. The molecule has 0 saturated heterocycles. The van der Waals surface area contributed by atoms with Crippen molar-refractivity contribution in [2.75, 3.05) is 0 Å². The van der Waals surface area contributed by atoms with E-state index in [0.717, 1.165) is 8.45 Å². The molecule has 0 N–H and O–H groups in total. The monoisotopic (exact) mass is 342 g/mol. The van der Waals surface area contributed by atoms with Gasteiger partial charge in [-0.15, -0.1) is 0 Å². The van der Waals surface area contributed by atoms with E-state index in [1.165, 1.54) is 35.1 Å². The van der Waals surface area contributed by atoms with Crippen LogP contribution in [0.1, 0.15) is 67.2 Å². The van der Waals surface area contributed by atoms with Crippen molar-refractivity contribution < 1.29 is 35.9 Å². The van der Waals surface area contributed by atoms with Crippen molar-refractivity contribution in [2.45, 2.75) is 95.6 Å². The SMILES string of the molecule is CCC[CH2][Ti]([CH3])([CH2]CCC)[O][Ti]([CH3])([CH](C)C)[CH](C)C. The molecule has 3 heteroatoms. The second-order valence-corrected chi connectivity index (χ2v) is 22.3. The maximum atomic E-state index is 7.13. The summed E-state index contributed by atoms with van der Waals surface area (Å²) < 4.78 is 11.6. The van der Waals surface area contributed by atoms with E-state index >= 15 is 0 Å². The fourth-order valence-electron chi connectivity index (χ4n) is 2.76. The quantitative estimate of drug-likeness (QED) is 0.378. The van der Waals surface area contributed by atoms with Crippen LogP contribution in [0.2, 0.25) is 28.4 Å². The Morgan fingerprint density at radius 1 is 0.789 bits per heavy atom.